The van der Waals surface area contributed by atoms with Gasteiger partial charge >= 0.3 is 0 Å². The lowest BCUT2D eigenvalue weighted by Crippen LogP contribution is -2.29. The van der Waals surface area contributed by atoms with Gasteiger partial charge in [-0.25, -0.2) is 13.4 Å². The number of nitrogens with zero attached hydrogens (tertiary/aromatic N) is 2. The molecule has 1 atom stereocenters. The van der Waals surface area contributed by atoms with Crippen molar-refractivity contribution in [1.82, 2.24) is 30.2 Å². The number of hydrogen-bond acceptors (Lipinski definition) is 5. The molecule has 4 N–H and O–H groups in total. The molecule has 0 amide bonds. The zero-order chi connectivity index (χ0) is 14.8. The fourth-order valence-corrected chi connectivity index (χ4v) is 3.30. The second-order valence-electron chi connectivity index (χ2n) is 4.48. The Kier molecular flexibility index (Phi) is 4.21. The number of aromatic amines is 2. The van der Waals surface area contributed by atoms with Crippen molar-refractivity contribution in [1.29, 1.82) is 0 Å². The summed E-state index contributed by atoms with van der Waals surface area (Å²) in [6.07, 6.45) is 3.22. The maximum Gasteiger partial charge on any atom is 0.260 e. The van der Waals surface area contributed by atoms with Gasteiger partial charge in [-0.2, -0.15) is 9.82 Å². The van der Waals surface area contributed by atoms with Crippen LogP contribution in [-0.2, 0) is 16.6 Å². The largest absolute Gasteiger partial charge is 0.347 e. The van der Waals surface area contributed by atoms with Gasteiger partial charge in [0.2, 0.25) is 0 Å². The van der Waals surface area contributed by atoms with E-state index in [2.05, 4.69) is 30.2 Å². The zero-order valence-corrected chi connectivity index (χ0v) is 12.4. The molecule has 1 unspecified atom stereocenters. The molecule has 0 aliphatic heterocycles. The number of nitrogens with one attached hydrogen (secondary N) is 4. The molecule has 0 aliphatic rings. The van der Waals surface area contributed by atoms with Crippen LogP contribution in [-0.4, -0.2) is 35.6 Å². The van der Waals surface area contributed by atoms with E-state index in [1.807, 2.05) is 0 Å². The quantitative estimate of drug-likeness (QED) is 0.608. The summed E-state index contributed by atoms with van der Waals surface area (Å²) in [6.45, 7) is 3.93. The summed E-state index contributed by atoms with van der Waals surface area (Å²) in [6, 6.07) is -0.463. The molecule has 2 heterocycles. The Hall–Kier alpha value is -1.71. The molecule has 0 bridgehead atoms. The van der Waals surface area contributed by atoms with Gasteiger partial charge in [-0.3, -0.25) is 5.10 Å². The van der Waals surface area contributed by atoms with Crippen LogP contribution in [0.25, 0.3) is 0 Å². The highest BCUT2D eigenvalue weighted by molar-refractivity contribution is 7.89. The number of hydrogen-bond donors (Lipinski definition) is 4. The smallest absolute Gasteiger partial charge is 0.260 e. The van der Waals surface area contributed by atoms with E-state index in [1.165, 1.54) is 0 Å². The summed E-state index contributed by atoms with van der Waals surface area (Å²) in [4.78, 5) is 6.91. The van der Waals surface area contributed by atoms with E-state index >= 15 is 0 Å². The molecule has 8 nitrogen and oxygen atoms in total. The van der Waals surface area contributed by atoms with Gasteiger partial charge in [0.05, 0.1) is 6.04 Å². The first-order valence-electron chi connectivity index (χ1n) is 6.15. The van der Waals surface area contributed by atoms with Gasteiger partial charge < -0.3 is 10.3 Å². The van der Waals surface area contributed by atoms with Gasteiger partial charge in [-0.1, -0.05) is 0 Å². The molecule has 0 saturated heterocycles. The first-order valence-corrected chi connectivity index (χ1v) is 7.64. The van der Waals surface area contributed by atoms with E-state index < -0.39 is 16.1 Å². The molecule has 9 heteroatoms. The van der Waals surface area contributed by atoms with Crippen molar-refractivity contribution < 1.29 is 8.42 Å². The summed E-state index contributed by atoms with van der Waals surface area (Å²) in [5.41, 5.74) is 1.36. The topological polar surface area (TPSA) is 116 Å². The van der Waals surface area contributed by atoms with Gasteiger partial charge in [-0.15, -0.1) is 0 Å². The minimum absolute atomic E-state index is 0.0164. The number of H-pyrrole nitrogens is 2. The van der Waals surface area contributed by atoms with Crippen LogP contribution in [0.4, 0.5) is 0 Å². The van der Waals surface area contributed by atoms with E-state index in [1.54, 1.807) is 33.3 Å². The van der Waals surface area contributed by atoms with Crippen LogP contribution in [0, 0.1) is 6.92 Å². The summed E-state index contributed by atoms with van der Waals surface area (Å²) in [5.74, 6) is 0.552. The van der Waals surface area contributed by atoms with Crippen molar-refractivity contribution in [3.8, 4) is 0 Å². The van der Waals surface area contributed by atoms with E-state index in [4.69, 9.17) is 0 Å². The fraction of sp³-hybridized carbons (Fsp3) is 0.455. The first kappa shape index (κ1) is 14.7. The minimum Gasteiger partial charge on any atom is -0.347 e. The molecule has 20 heavy (non-hydrogen) atoms. The second kappa shape index (κ2) is 5.73. The zero-order valence-electron chi connectivity index (χ0n) is 11.6. The number of imidazole rings is 1. The molecule has 110 valence electrons. The molecule has 0 radical (unpaired) electrons. The predicted molar refractivity (Wildman–Crippen MR) is 73.4 cm³/mol. The molecular weight excluding hydrogens is 280 g/mol. The molecule has 0 saturated carbocycles. The average molecular weight is 298 g/mol. The van der Waals surface area contributed by atoms with Crippen molar-refractivity contribution in [2.24, 2.45) is 0 Å². The van der Waals surface area contributed by atoms with Crippen molar-refractivity contribution in [3.63, 3.8) is 0 Å². The number of sulfonamides is 1. The van der Waals surface area contributed by atoms with Gasteiger partial charge in [0.25, 0.3) is 10.0 Å². The number of aryl methyl sites for hydroxylation is 1. The van der Waals surface area contributed by atoms with Crippen LogP contribution in [0.3, 0.4) is 0 Å². The summed E-state index contributed by atoms with van der Waals surface area (Å²) < 4.78 is 27.3. The highest BCUT2D eigenvalue weighted by atomic mass is 32.2. The van der Waals surface area contributed by atoms with E-state index in [9.17, 15) is 8.42 Å². The maximum atomic E-state index is 12.4. The molecule has 0 aliphatic carbocycles. The van der Waals surface area contributed by atoms with Crippen LogP contribution < -0.4 is 10.0 Å². The standard InChI is InChI=1S/C11H18N6O2S/c1-7-9(6-12-3)11(16-15-7)20(18,19)17-8(2)10-13-4-5-14-10/h4-5,8,12,17H,6H2,1-3H3,(H,13,14)(H,15,16). The normalized spacial score (nSPS) is 13.6. The van der Waals surface area contributed by atoms with E-state index in [0.29, 0.717) is 17.9 Å². The van der Waals surface area contributed by atoms with Crippen LogP contribution in [0.5, 0.6) is 0 Å². The van der Waals surface area contributed by atoms with Crippen LogP contribution in [0.15, 0.2) is 17.4 Å². The lowest BCUT2D eigenvalue weighted by atomic mass is 10.3. The Labute approximate surface area is 117 Å². The molecular formula is C11H18N6O2S. The van der Waals surface area contributed by atoms with E-state index in [0.717, 1.165) is 5.69 Å². The average Bonchev–Trinajstić information content (AvgIpc) is 3.00. The highest BCUT2D eigenvalue weighted by Crippen LogP contribution is 2.18. The Morgan fingerprint density at radius 2 is 2.20 bits per heavy atom. The van der Waals surface area contributed by atoms with Crippen molar-refractivity contribution in [3.05, 3.63) is 29.5 Å². The van der Waals surface area contributed by atoms with E-state index in [-0.39, 0.29) is 5.03 Å². The molecule has 2 aromatic rings. The highest BCUT2D eigenvalue weighted by Gasteiger charge is 2.26. The van der Waals surface area contributed by atoms with Crippen LogP contribution >= 0.6 is 0 Å². The lowest BCUT2D eigenvalue weighted by molar-refractivity contribution is 0.555. The molecule has 2 aromatic heterocycles. The van der Waals surface area contributed by atoms with Crippen LogP contribution in [0.1, 0.15) is 30.0 Å². The second-order valence-corrected chi connectivity index (χ2v) is 6.11. The third kappa shape index (κ3) is 2.89. The first-order chi connectivity index (χ1) is 9.45. The summed E-state index contributed by atoms with van der Waals surface area (Å²) in [7, 11) is -1.96. The Morgan fingerprint density at radius 1 is 1.45 bits per heavy atom. The summed E-state index contributed by atoms with van der Waals surface area (Å²) in [5, 5.41) is 9.55. The SMILES string of the molecule is CNCc1c(S(=O)(=O)NC(C)c2ncc[nH]2)n[nH]c1C. The molecule has 0 aromatic carbocycles. The lowest BCUT2D eigenvalue weighted by Gasteiger charge is -2.11. The summed E-state index contributed by atoms with van der Waals surface area (Å²) >= 11 is 0. The predicted octanol–water partition coefficient (Wildman–Crippen LogP) is 0.200. The number of aromatic nitrogens is 4. The Morgan fingerprint density at radius 3 is 2.80 bits per heavy atom. The molecule has 0 spiro atoms. The monoisotopic (exact) mass is 298 g/mol. The van der Waals surface area contributed by atoms with Gasteiger partial charge in [-0.05, 0) is 20.9 Å². The third-order valence-corrected chi connectivity index (χ3v) is 4.42. The molecule has 0 fully saturated rings. The Bertz CT molecular complexity index is 661. The van der Waals surface area contributed by atoms with Crippen molar-refractivity contribution in [2.75, 3.05) is 7.05 Å². The Balaban J connectivity index is 2.27. The van der Waals surface area contributed by atoms with Gasteiger partial charge in [0, 0.05) is 30.2 Å². The number of rotatable bonds is 6. The third-order valence-electron chi connectivity index (χ3n) is 2.91. The minimum atomic E-state index is -3.71. The van der Waals surface area contributed by atoms with Gasteiger partial charge in [0.1, 0.15) is 5.82 Å². The van der Waals surface area contributed by atoms with Crippen molar-refractivity contribution in [2.45, 2.75) is 31.5 Å². The molecule has 2 rings (SSSR count). The van der Waals surface area contributed by atoms with Crippen molar-refractivity contribution >= 4 is 10.0 Å². The van der Waals surface area contributed by atoms with Crippen LogP contribution in [0.2, 0.25) is 0 Å². The van der Waals surface area contributed by atoms with Gasteiger partial charge in [0.15, 0.2) is 5.03 Å². The fourth-order valence-electron chi connectivity index (χ4n) is 1.90. The maximum absolute atomic E-state index is 12.4.